The molecule has 1 fully saturated rings. The second kappa shape index (κ2) is 13.1. The second-order valence-corrected chi connectivity index (χ2v) is 17.4. The van der Waals surface area contributed by atoms with E-state index in [4.69, 9.17) is 0 Å². The lowest BCUT2D eigenvalue weighted by Crippen LogP contribution is -2.61. The van der Waals surface area contributed by atoms with E-state index in [1.54, 1.807) is 6.07 Å². The third-order valence-electron chi connectivity index (χ3n) is 14.4. The Morgan fingerprint density at radius 3 is 1.70 bits per heavy atom. The van der Waals surface area contributed by atoms with Crippen LogP contribution in [0.5, 0.6) is 0 Å². The number of para-hydroxylation sites is 2. The first-order valence-electron chi connectivity index (χ1n) is 21.3. The molecule has 1 saturated carbocycles. The van der Waals surface area contributed by atoms with Crippen LogP contribution in [-0.2, 0) is 5.41 Å². The van der Waals surface area contributed by atoms with Gasteiger partial charge in [-0.2, -0.15) is 0 Å². The number of anilines is 8. The average Bonchev–Trinajstić information content (AvgIpc) is 3.70. The number of nitrogens with zero attached hydrogens (tertiary/aromatic N) is 3. The molecule has 0 radical (unpaired) electrons. The highest BCUT2D eigenvalue weighted by Gasteiger charge is 2.60. The van der Waals surface area contributed by atoms with Crippen molar-refractivity contribution in [3.05, 3.63) is 199 Å². The molecule has 2 atom stereocenters. The van der Waals surface area contributed by atoms with Gasteiger partial charge in [0.05, 0.1) is 5.54 Å². The van der Waals surface area contributed by atoms with E-state index >= 15 is 4.39 Å². The number of rotatable bonds is 5. The molecule has 8 aromatic carbocycles. The minimum atomic E-state index is -0.243. The molecule has 5 heteroatoms. The summed E-state index contributed by atoms with van der Waals surface area (Å²) < 4.78 is 15.2. The van der Waals surface area contributed by atoms with Gasteiger partial charge in [0.25, 0.3) is 6.71 Å². The van der Waals surface area contributed by atoms with Crippen molar-refractivity contribution in [2.24, 2.45) is 0 Å². The normalized spacial score (nSPS) is 19.4. The predicted molar refractivity (Wildman–Crippen MR) is 249 cm³/mol. The lowest BCUT2D eigenvalue weighted by Gasteiger charge is -2.47. The standard InChI is InChI=1S/C55H43BFN3/c1-54-31-14-32-55(54,2)60(48-30-26-41(57)34-45(48)54)44-35-51-53-52(36-44)59(43-27-23-39(24-28-43)37-15-6-3-7-16-37)50-29-25-40(38-17-8-4-9-18-38)33-47(50)56(53)46-21-12-13-22-49(46)58(51)42-19-10-5-11-20-42/h3-13,15-30,33-36H,14,31-32H2,1-2H3. The third-order valence-corrected chi connectivity index (χ3v) is 14.4. The van der Waals surface area contributed by atoms with Gasteiger partial charge in [0.2, 0.25) is 0 Å². The van der Waals surface area contributed by atoms with Crippen molar-refractivity contribution < 1.29 is 4.39 Å². The molecule has 0 spiro atoms. The number of halogens is 1. The van der Waals surface area contributed by atoms with Crippen molar-refractivity contribution in [1.29, 1.82) is 0 Å². The van der Waals surface area contributed by atoms with Crippen LogP contribution in [-0.4, -0.2) is 12.3 Å². The highest BCUT2D eigenvalue weighted by molar-refractivity contribution is 7.00. The Morgan fingerprint density at radius 1 is 0.450 bits per heavy atom. The van der Waals surface area contributed by atoms with Crippen LogP contribution in [0.2, 0.25) is 0 Å². The monoisotopic (exact) mass is 775 g/mol. The Bertz CT molecular complexity index is 2970. The van der Waals surface area contributed by atoms with Crippen molar-refractivity contribution in [1.82, 2.24) is 0 Å². The van der Waals surface area contributed by atoms with Crippen LogP contribution >= 0.6 is 0 Å². The van der Waals surface area contributed by atoms with Crippen LogP contribution in [0.3, 0.4) is 0 Å². The second-order valence-electron chi connectivity index (χ2n) is 17.4. The van der Waals surface area contributed by atoms with Gasteiger partial charge in [-0.05, 0) is 131 Å². The molecule has 12 rings (SSSR count). The zero-order chi connectivity index (χ0) is 40.2. The summed E-state index contributed by atoms with van der Waals surface area (Å²) >= 11 is 0. The van der Waals surface area contributed by atoms with Gasteiger partial charge >= 0.3 is 0 Å². The van der Waals surface area contributed by atoms with Crippen LogP contribution < -0.4 is 31.1 Å². The fourth-order valence-corrected chi connectivity index (χ4v) is 11.4. The van der Waals surface area contributed by atoms with Gasteiger partial charge in [0.15, 0.2) is 0 Å². The maximum absolute atomic E-state index is 15.2. The van der Waals surface area contributed by atoms with Crippen molar-refractivity contribution in [3.8, 4) is 22.3 Å². The molecule has 3 aliphatic heterocycles. The summed E-state index contributed by atoms with van der Waals surface area (Å²) in [6.45, 7) is 4.76. The molecule has 0 saturated heterocycles. The summed E-state index contributed by atoms with van der Waals surface area (Å²) in [5.74, 6) is -0.169. The van der Waals surface area contributed by atoms with Gasteiger partial charge in [0.1, 0.15) is 5.82 Å². The number of hydrogen-bond donors (Lipinski definition) is 0. The van der Waals surface area contributed by atoms with Gasteiger partial charge in [-0.15, -0.1) is 0 Å². The molecular weight excluding hydrogens is 732 g/mol. The van der Waals surface area contributed by atoms with Crippen molar-refractivity contribution in [3.63, 3.8) is 0 Å². The van der Waals surface area contributed by atoms with E-state index in [2.05, 4.69) is 198 Å². The lowest BCUT2D eigenvalue weighted by molar-refractivity contribution is 0.330. The van der Waals surface area contributed by atoms with Gasteiger partial charge in [-0.1, -0.05) is 135 Å². The van der Waals surface area contributed by atoms with Crippen molar-refractivity contribution in [2.75, 3.05) is 14.7 Å². The van der Waals surface area contributed by atoms with E-state index in [0.717, 1.165) is 59.0 Å². The smallest absolute Gasteiger partial charge is 0.252 e. The summed E-state index contributed by atoms with van der Waals surface area (Å²) in [7, 11) is 0. The molecular formula is C55H43BFN3. The SMILES string of the molecule is CC12CCCC1(C)N(c1cc3c4c(c1)N(c1ccc(-c5ccccc5)cc1)c1ccc(-c5ccccc5)cc1B4c1ccccc1N3c1ccccc1)c1ccc(F)cc12. The van der Waals surface area contributed by atoms with Crippen LogP contribution in [0, 0.1) is 5.82 Å². The molecule has 0 amide bonds. The molecule has 4 aliphatic rings. The highest BCUT2D eigenvalue weighted by Crippen LogP contribution is 2.63. The van der Waals surface area contributed by atoms with Crippen molar-refractivity contribution in [2.45, 2.75) is 44.1 Å². The van der Waals surface area contributed by atoms with Gasteiger partial charge in [0, 0.05) is 50.9 Å². The first-order valence-corrected chi connectivity index (χ1v) is 21.3. The van der Waals surface area contributed by atoms with Crippen LogP contribution in [0.15, 0.2) is 188 Å². The minimum absolute atomic E-state index is 0.0222. The Morgan fingerprint density at radius 2 is 1.00 bits per heavy atom. The minimum Gasteiger partial charge on any atom is -0.334 e. The summed E-state index contributed by atoms with van der Waals surface area (Å²) in [5.41, 5.74) is 18.4. The van der Waals surface area contributed by atoms with E-state index < -0.39 is 0 Å². The largest absolute Gasteiger partial charge is 0.334 e. The van der Waals surface area contributed by atoms with Gasteiger partial charge in [-0.3, -0.25) is 0 Å². The molecule has 0 aromatic heterocycles. The van der Waals surface area contributed by atoms with E-state index in [1.165, 1.54) is 50.0 Å². The Hall–Kier alpha value is -6.85. The van der Waals surface area contributed by atoms with Crippen LogP contribution in [0.25, 0.3) is 22.3 Å². The number of fused-ring (bicyclic) bond motifs is 7. The van der Waals surface area contributed by atoms with E-state index in [1.807, 2.05) is 12.1 Å². The van der Waals surface area contributed by atoms with E-state index in [-0.39, 0.29) is 23.5 Å². The molecule has 60 heavy (non-hydrogen) atoms. The lowest BCUT2D eigenvalue weighted by atomic mass is 9.33. The third kappa shape index (κ3) is 4.95. The van der Waals surface area contributed by atoms with Crippen molar-refractivity contribution >= 4 is 68.6 Å². The maximum atomic E-state index is 15.2. The first-order chi connectivity index (χ1) is 29.4. The van der Waals surface area contributed by atoms with Crippen LogP contribution in [0.4, 0.5) is 49.9 Å². The summed E-state index contributed by atoms with van der Waals surface area (Å²) in [4.78, 5) is 7.57. The number of hydrogen-bond acceptors (Lipinski definition) is 3. The molecule has 8 aromatic rings. The van der Waals surface area contributed by atoms with Gasteiger partial charge in [-0.25, -0.2) is 4.39 Å². The van der Waals surface area contributed by atoms with E-state index in [9.17, 15) is 0 Å². The highest BCUT2D eigenvalue weighted by atomic mass is 19.1. The topological polar surface area (TPSA) is 9.72 Å². The fraction of sp³-hybridized carbons (Fsp3) is 0.127. The molecule has 2 unspecified atom stereocenters. The maximum Gasteiger partial charge on any atom is 0.252 e. The Balaban J connectivity index is 1.17. The molecule has 1 aliphatic carbocycles. The zero-order valence-corrected chi connectivity index (χ0v) is 33.8. The summed E-state index contributed by atoms with van der Waals surface area (Å²) in [6.07, 6.45) is 3.15. The predicted octanol–water partition coefficient (Wildman–Crippen LogP) is 12.6. The molecule has 0 N–H and O–H groups in total. The van der Waals surface area contributed by atoms with Crippen LogP contribution in [0.1, 0.15) is 38.7 Å². The number of benzene rings is 8. The molecule has 288 valence electrons. The molecule has 3 nitrogen and oxygen atoms in total. The Kier molecular flexibility index (Phi) is 7.66. The Labute approximate surface area is 352 Å². The average molecular weight is 776 g/mol. The zero-order valence-electron chi connectivity index (χ0n) is 33.8. The molecule has 3 heterocycles. The van der Waals surface area contributed by atoms with Gasteiger partial charge < -0.3 is 14.7 Å². The quantitative estimate of drug-likeness (QED) is 0.161. The fourth-order valence-electron chi connectivity index (χ4n) is 11.4. The van der Waals surface area contributed by atoms with E-state index in [0.29, 0.717) is 0 Å². The summed E-state index contributed by atoms with van der Waals surface area (Å²) in [5, 5.41) is 0. The molecule has 0 bridgehead atoms. The summed E-state index contributed by atoms with van der Waals surface area (Å²) in [6, 6.07) is 67.7. The first kappa shape index (κ1) is 35.1.